The van der Waals surface area contributed by atoms with Gasteiger partial charge in [-0.25, -0.2) is 9.97 Å². The number of amides is 1. The number of hydrogen-bond acceptors (Lipinski definition) is 6. The second kappa shape index (κ2) is 9.65. The van der Waals surface area contributed by atoms with Crippen LogP contribution < -0.4 is 5.32 Å². The van der Waals surface area contributed by atoms with Crippen LogP contribution in [0.1, 0.15) is 27.3 Å². The zero-order valence-electron chi connectivity index (χ0n) is 19.5. The van der Waals surface area contributed by atoms with E-state index in [1.165, 1.54) is 5.56 Å². The molecule has 5 rings (SSSR count). The van der Waals surface area contributed by atoms with E-state index in [2.05, 4.69) is 21.4 Å². The standard InChI is InChI=1S/C27H28N4O3/c1-18-13-19(2)29-27(28-18)30-23-7-3-6-22(15-23)26(32)31-10-12-33-17-20(16-31)14-21-5-4-8-25-24(21)9-11-34-25/h3-9,11,13,15,20H,10,12,14,16-17H2,1-2H3,(H,28,29,30). The van der Waals surface area contributed by atoms with Crippen LogP contribution in [0.2, 0.25) is 0 Å². The van der Waals surface area contributed by atoms with Crippen molar-refractivity contribution >= 4 is 28.5 Å². The molecule has 174 valence electrons. The van der Waals surface area contributed by atoms with E-state index in [1.54, 1.807) is 6.26 Å². The molecule has 4 aromatic rings. The summed E-state index contributed by atoms with van der Waals surface area (Å²) in [4.78, 5) is 24.2. The molecule has 2 aromatic heterocycles. The highest BCUT2D eigenvalue weighted by Crippen LogP contribution is 2.24. The molecular formula is C27H28N4O3. The molecule has 1 aliphatic rings. The number of aryl methyl sites for hydroxylation is 2. The number of hydrogen-bond donors (Lipinski definition) is 1. The average molecular weight is 457 g/mol. The molecule has 1 saturated heterocycles. The maximum absolute atomic E-state index is 13.4. The summed E-state index contributed by atoms with van der Waals surface area (Å²) in [5.74, 6) is 0.734. The molecule has 0 aliphatic carbocycles. The van der Waals surface area contributed by atoms with Crippen molar-refractivity contribution in [3.63, 3.8) is 0 Å². The number of benzene rings is 2. The van der Waals surface area contributed by atoms with Gasteiger partial charge < -0.3 is 19.4 Å². The highest BCUT2D eigenvalue weighted by Gasteiger charge is 2.24. The molecule has 7 nitrogen and oxygen atoms in total. The molecule has 1 amide bonds. The summed E-state index contributed by atoms with van der Waals surface area (Å²) in [6.07, 6.45) is 2.55. The van der Waals surface area contributed by atoms with E-state index in [9.17, 15) is 4.79 Å². The van der Waals surface area contributed by atoms with Gasteiger partial charge in [0.15, 0.2) is 0 Å². The van der Waals surface area contributed by atoms with Gasteiger partial charge in [0.2, 0.25) is 5.95 Å². The first-order chi connectivity index (χ1) is 16.5. The van der Waals surface area contributed by atoms with E-state index in [-0.39, 0.29) is 11.8 Å². The zero-order valence-corrected chi connectivity index (χ0v) is 19.5. The van der Waals surface area contributed by atoms with Gasteiger partial charge in [-0.2, -0.15) is 0 Å². The molecule has 0 bridgehead atoms. The number of anilines is 2. The molecule has 0 spiro atoms. The minimum atomic E-state index is 0.00186. The topological polar surface area (TPSA) is 80.5 Å². The largest absolute Gasteiger partial charge is 0.464 e. The Kier molecular flexibility index (Phi) is 6.27. The third-order valence-corrected chi connectivity index (χ3v) is 6.07. The van der Waals surface area contributed by atoms with E-state index in [4.69, 9.17) is 9.15 Å². The van der Waals surface area contributed by atoms with Gasteiger partial charge >= 0.3 is 0 Å². The first-order valence-electron chi connectivity index (χ1n) is 11.6. The molecule has 1 atom stereocenters. The predicted octanol–water partition coefficient (Wildman–Crippen LogP) is 4.91. The van der Waals surface area contributed by atoms with Crippen molar-refractivity contribution in [2.24, 2.45) is 5.92 Å². The van der Waals surface area contributed by atoms with Crippen molar-refractivity contribution in [2.45, 2.75) is 20.3 Å². The second-order valence-corrected chi connectivity index (χ2v) is 8.83. The number of carbonyl (C=O) groups is 1. The van der Waals surface area contributed by atoms with Gasteiger partial charge in [-0.3, -0.25) is 4.79 Å². The van der Waals surface area contributed by atoms with Crippen molar-refractivity contribution in [1.82, 2.24) is 14.9 Å². The number of ether oxygens (including phenoxy) is 1. The van der Waals surface area contributed by atoms with Crippen molar-refractivity contribution in [3.05, 3.63) is 83.4 Å². The molecule has 0 radical (unpaired) electrons. The van der Waals surface area contributed by atoms with Gasteiger partial charge in [-0.05, 0) is 62.2 Å². The molecule has 1 N–H and O–H groups in total. The van der Waals surface area contributed by atoms with E-state index in [0.717, 1.165) is 34.5 Å². The smallest absolute Gasteiger partial charge is 0.254 e. The summed E-state index contributed by atoms with van der Waals surface area (Å²) in [5.41, 5.74) is 5.30. The minimum Gasteiger partial charge on any atom is -0.464 e. The zero-order chi connectivity index (χ0) is 23.5. The van der Waals surface area contributed by atoms with Crippen molar-refractivity contribution in [2.75, 3.05) is 31.6 Å². The van der Waals surface area contributed by atoms with E-state index < -0.39 is 0 Å². The number of nitrogens with zero attached hydrogens (tertiary/aromatic N) is 3. The maximum Gasteiger partial charge on any atom is 0.254 e. The molecule has 0 saturated carbocycles. The van der Waals surface area contributed by atoms with Crippen LogP contribution in [0.5, 0.6) is 0 Å². The van der Waals surface area contributed by atoms with Gasteiger partial charge in [0.25, 0.3) is 5.91 Å². The van der Waals surface area contributed by atoms with Gasteiger partial charge in [0, 0.05) is 47.0 Å². The van der Waals surface area contributed by atoms with Crippen LogP contribution in [0.15, 0.2) is 65.3 Å². The Balaban J connectivity index is 1.31. The Bertz CT molecular complexity index is 1300. The Hall–Kier alpha value is -3.71. The Morgan fingerprint density at radius 3 is 2.76 bits per heavy atom. The number of rotatable bonds is 5. The molecule has 1 fully saturated rings. The van der Waals surface area contributed by atoms with Gasteiger partial charge in [-0.1, -0.05) is 18.2 Å². The lowest BCUT2D eigenvalue weighted by atomic mass is 9.97. The van der Waals surface area contributed by atoms with Gasteiger partial charge in [0.05, 0.1) is 19.5 Å². The summed E-state index contributed by atoms with van der Waals surface area (Å²) < 4.78 is 11.4. The lowest BCUT2D eigenvalue weighted by Crippen LogP contribution is -2.36. The quantitative estimate of drug-likeness (QED) is 0.459. The Labute approximate surface area is 198 Å². The third kappa shape index (κ3) is 4.94. The van der Waals surface area contributed by atoms with Crippen LogP contribution in [0, 0.1) is 19.8 Å². The third-order valence-electron chi connectivity index (χ3n) is 6.07. The molecule has 7 heteroatoms. The van der Waals surface area contributed by atoms with Gasteiger partial charge in [0.1, 0.15) is 5.58 Å². The second-order valence-electron chi connectivity index (χ2n) is 8.83. The molecule has 3 heterocycles. The number of fused-ring (bicyclic) bond motifs is 1. The predicted molar refractivity (Wildman–Crippen MR) is 131 cm³/mol. The van der Waals surface area contributed by atoms with Crippen molar-refractivity contribution in [3.8, 4) is 0 Å². The summed E-state index contributed by atoms with van der Waals surface area (Å²) in [6.45, 7) is 6.25. The van der Waals surface area contributed by atoms with Gasteiger partial charge in [-0.15, -0.1) is 0 Å². The lowest BCUT2D eigenvalue weighted by molar-refractivity contribution is 0.0737. The summed E-state index contributed by atoms with van der Waals surface area (Å²) in [5, 5.41) is 4.35. The van der Waals surface area contributed by atoms with Crippen LogP contribution in [-0.4, -0.2) is 47.1 Å². The SMILES string of the molecule is Cc1cc(C)nc(Nc2cccc(C(=O)N3CCOCC(Cc4cccc5occc45)C3)c2)n1. The molecule has 1 aliphatic heterocycles. The van der Waals surface area contributed by atoms with Crippen LogP contribution in [-0.2, 0) is 11.2 Å². The van der Waals surface area contributed by atoms with Crippen LogP contribution in [0.3, 0.4) is 0 Å². The van der Waals surface area contributed by atoms with Crippen LogP contribution in [0.25, 0.3) is 11.0 Å². The maximum atomic E-state index is 13.4. The fourth-order valence-corrected chi connectivity index (χ4v) is 4.56. The molecular weight excluding hydrogens is 428 g/mol. The summed E-state index contributed by atoms with van der Waals surface area (Å²) >= 11 is 0. The van der Waals surface area contributed by atoms with Crippen LogP contribution in [0.4, 0.5) is 11.6 Å². The van der Waals surface area contributed by atoms with E-state index >= 15 is 0 Å². The molecule has 34 heavy (non-hydrogen) atoms. The first-order valence-corrected chi connectivity index (χ1v) is 11.6. The first kappa shape index (κ1) is 22.1. The van der Waals surface area contributed by atoms with Crippen molar-refractivity contribution in [1.29, 1.82) is 0 Å². The minimum absolute atomic E-state index is 0.00186. The van der Waals surface area contributed by atoms with E-state index in [1.807, 2.05) is 67.3 Å². The number of furan rings is 1. The monoisotopic (exact) mass is 456 g/mol. The Morgan fingerprint density at radius 2 is 1.91 bits per heavy atom. The van der Waals surface area contributed by atoms with Crippen LogP contribution >= 0.6 is 0 Å². The number of carbonyl (C=O) groups excluding carboxylic acids is 1. The average Bonchev–Trinajstić information content (AvgIpc) is 3.18. The molecule has 1 unspecified atom stereocenters. The number of nitrogens with one attached hydrogen (secondary N) is 1. The fourth-order valence-electron chi connectivity index (χ4n) is 4.56. The van der Waals surface area contributed by atoms with Crippen molar-refractivity contribution < 1.29 is 13.9 Å². The number of aromatic nitrogens is 2. The van der Waals surface area contributed by atoms with E-state index in [0.29, 0.717) is 37.8 Å². The Morgan fingerprint density at radius 1 is 1.09 bits per heavy atom. The lowest BCUT2D eigenvalue weighted by Gasteiger charge is -2.24. The highest BCUT2D eigenvalue weighted by atomic mass is 16.5. The molecule has 2 aromatic carbocycles. The summed E-state index contributed by atoms with van der Waals surface area (Å²) in [7, 11) is 0. The highest BCUT2D eigenvalue weighted by molar-refractivity contribution is 5.95. The normalized spacial score (nSPS) is 16.4. The fraction of sp³-hybridized carbons (Fsp3) is 0.296. The summed E-state index contributed by atoms with van der Waals surface area (Å²) in [6, 6.07) is 17.5.